The molecule has 0 saturated carbocycles. The van der Waals surface area contributed by atoms with E-state index in [9.17, 15) is 9.59 Å². The summed E-state index contributed by atoms with van der Waals surface area (Å²) in [7, 11) is 0. The molecule has 2 aromatic rings. The lowest BCUT2D eigenvalue weighted by molar-refractivity contribution is -0.132. The summed E-state index contributed by atoms with van der Waals surface area (Å²) in [6, 6.07) is 11.5. The zero-order valence-electron chi connectivity index (χ0n) is 15.6. The van der Waals surface area contributed by atoms with Gasteiger partial charge in [-0.1, -0.05) is 17.7 Å². The average Bonchev–Trinajstić information content (AvgIpc) is 3.45. The highest BCUT2D eigenvalue weighted by Crippen LogP contribution is 2.29. The van der Waals surface area contributed by atoms with E-state index in [1.165, 1.54) is 17.7 Å². The molecule has 0 aliphatic carbocycles. The number of rotatable bonds is 6. The summed E-state index contributed by atoms with van der Waals surface area (Å²) >= 11 is 7.65. The largest absolute Gasteiger partial charge is 0.353 e. The van der Waals surface area contributed by atoms with Crippen LogP contribution in [0, 0.1) is 5.92 Å². The normalized spacial score (nSPS) is 21.2. The van der Waals surface area contributed by atoms with Crippen molar-refractivity contribution in [2.75, 3.05) is 31.1 Å². The summed E-state index contributed by atoms with van der Waals surface area (Å²) in [6.07, 6.45) is 2.95. The molecule has 0 bridgehead atoms. The van der Waals surface area contributed by atoms with Crippen LogP contribution in [0.3, 0.4) is 0 Å². The zero-order chi connectivity index (χ0) is 19.5. The predicted octanol–water partition coefficient (Wildman–Crippen LogP) is 3.71. The van der Waals surface area contributed by atoms with Gasteiger partial charge in [0.2, 0.25) is 11.8 Å². The van der Waals surface area contributed by atoms with Gasteiger partial charge in [0.15, 0.2) is 0 Å². The summed E-state index contributed by atoms with van der Waals surface area (Å²) in [5.74, 6) is -0.908. The molecule has 3 heterocycles. The Labute approximate surface area is 174 Å². The average molecular weight is 418 g/mol. The SMILES string of the molecule is O=C(NCC(c1cccs1)N1CCCC1)C1CCN(c2ccc(Cl)cc2)C1=O. The second kappa shape index (κ2) is 8.64. The lowest BCUT2D eigenvalue weighted by atomic mass is 10.1. The second-order valence-corrected chi connectivity index (χ2v) is 8.74. The van der Waals surface area contributed by atoms with E-state index in [4.69, 9.17) is 11.6 Å². The number of likely N-dealkylation sites (tertiary alicyclic amines) is 1. The first-order valence-electron chi connectivity index (χ1n) is 9.75. The minimum atomic E-state index is -0.613. The highest BCUT2D eigenvalue weighted by molar-refractivity contribution is 7.10. The molecule has 2 unspecified atom stereocenters. The maximum atomic E-state index is 12.8. The molecule has 4 rings (SSSR count). The molecule has 1 aromatic heterocycles. The van der Waals surface area contributed by atoms with E-state index in [0.29, 0.717) is 24.5 Å². The number of hydrogen-bond acceptors (Lipinski definition) is 4. The van der Waals surface area contributed by atoms with Gasteiger partial charge in [0.25, 0.3) is 0 Å². The van der Waals surface area contributed by atoms with Crippen molar-refractivity contribution in [3.63, 3.8) is 0 Å². The van der Waals surface area contributed by atoms with Gasteiger partial charge in [0.1, 0.15) is 5.92 Å². The number of hydrogen-bond donors (Lipinski definition) is 1. The fourth-order valence-corrected chi connectivity index (χ4v) is 5.05. The molecule has 5 nitrogen and oxygen atoms in total. The molecule has 2 aliphatic heterocycles. The number of halogens is 1. The summed E-state index contributed by atoms with van der Waals surface area (Å²) in [5, 5.41) is 5.76. The molecule has 2 aliphatic rings. The Balaban J connectivity index is 1.39. The Morgan fingerprint density at radius 2 is 1.93 bits per heavy atom. The molecular formula is C21H24ClN3O2S. The summed E-state index contributed by atoms with van der Waals surface area (Å²) in [4.78, 5) is 30.9. The van der Waals surface area contributed by atoms with E-state index < -0.39 is 5.92 Å². The molecular weight excluding hydrogens is 394 g/mol. The molecule has 1 aromatic carbocycles. The maximum absolute atomic E-state index is 12.8. The van der Waals surface area contributed by atoms with Crippen molar-refractivity contribution in [3.8, 4) is 0 Å². The van der Waals surface area contributed by atoms with Crippen molar-refractivity contribution >= 4 is 40.4 Å². The predicted molar refractivity (Wildman–Crippen MR) is 113 cm³/mol. The number of carbonyl (C=O) groups is 2. The van der Waals surface area contributed by atoms with Crippen molar-refractivity contribution < 1.29 is 9.59 Å². The molecule has 28 heavy (non-hydrogen) atoms. The first kappa shape index (κ1) is 19.4. The lowest BCUT2D eigenvalue weighted by Gasteiger charge is -2.27. The number of anilines is 1. The van der Waals surface area contributed by atoms with E-state index >= 15 is 0 Å². The van der Waals surface area contributed by atoms with Crippen LogP contribution in [-0.2, 0) is 9.59 Å². The molecule has 7 heteroatoms. The Morgan fingerprint density at radius 1 is 1.18 bits per heavy atom. The Bertz CT molecular complexity index is 819. The van der Waals surface area contributed by atoms with Crippen LogP contribution in [0.2, 0.25) is 5.02 Å². The van der Waals surface area contributed by atoms with E-state index in [-0.39, 0.29) is 17.9 Å². The molecule has 0 radical (unpaired) electrons. The van der Waals surface area contributed by atoms with Gasteiger partial charge in [-0.2, -0.15) is 0 Å². The van der Waals surface area contributed by atoms with Crippen LogP contribution in [0.1, 0.15) is 30.2 Å². The van der Waals surface area contributed by atoms with Crippen LogP contribution < -0.4 is 10.2 Å². The third kappa shape index (κ3) is 4.09. The van der Waals surface area contributed by atoms with Crippen molar-refractivity contribution in [2.24, 2.45) is 5.92 Å². The summed E-state index contributed by atoms with van der Waals surface area (Å²) in [6.45, 7) is 3.22. The van der Waals surface area contributed by atoms with E-state index in [2.05, 4.69) is 27.7 Å². The lowest BCUT2D eigenvalue weighted by Crippen LogP contribution is -2.41. The van der Waals surface area contributed by atoms with Crippen LogP contribution in [-0.4, -0.2) is 42.9 Å². The Kier molecular flexibility index (Phi) is 5.99. The van der Waals surface area contributed by atoms with Crippen LogP contribution >= 0.6 is 22.9 Å². The maximum Gasteiger partial charge on any atom is 0.239 e. The molecule has 2 saturated heterocycles. The molecule has 2 fully saturated rings. The van der Waals surface area contributed by atoms with Gasteiger partial charge in [-0.3, -0.25) is 14.5 Å². The number of thiophene rings is 1. The van der Waals surface area contributed by atoms with Crippen LogP contribution in [0.5, 0.6) is 0 Å². The first-order valence-corrected chi connectivity index (χ1v) is 11.0. The quantitative estimate of drug-likeness (QED) is 0.729. The van der Waals surface area contributed by atoms with Crippen molar-refractivity contribution in [2.45, 2.75) is 25.3 Å². The minimum absolute atomic E-state index is 0.131. The van der Waals surface area contributed by atoms with Crippen molar-refractivity contribution in [1.29, 1.82) is 0 Å². The molecule has 148 valence electrons. The van der Waals surface area contributed by atoms with Gasteiger partial charge in [-0.15, -0.1) is 11.3 Å². The summed E-state index contributed by atoms with van der Waals surface area (Å²) < 4.78 is 0. The smallest absolute Gasteiger partial charge is 0.239 e. The first-order chi connectivity index (χ1) is 13.6. The topological polar surface area (TPSA) is 52.7 Å². The highest BCUT2D eigenvalue weighted by Gasteiger charge is 2.38. The molecule has 2 atom stereocenters. The Hall–Kier alpha value is -1.89. The second-order valence-electron chi connectivity index (χ2n) is 7.33. The van der Waals surface area contributed by atoms with Crippen LogP contribution in [0.15, 0.2) is 41.8 Å². The van der Waals surface area contributed by atoms with E-state index in [1.54, 1.807) is 28.4 Å². The van der Waals surface area contributed by atoms with Gasteiger partial charge in [0.05, 0.1) is 6.04 Å². The third-order valence-corrected chi connectivity index (χ3v) is 6.81. The monoisotopic (exact) mass is 417 g/mol. The van der Waals surface area contributed by atoms with Gasteiger partial charge >= 0.3 is 0 Å². The molecule has 0 spiro atoms. The fraction of sp³-hybridized carbons (Fsp3) is 0.429. The van der Waals surface area contributed by atoms with Crippen LogP contribution in [0.4, 0.5) is 5.69 Å². The van der Waals surface area contributed by atoms with Crippen LogP contribution in [0.25, 0.3) is 0 Å². The molecule has 1 N–H and O–H groups in total. The zero-order valence-corrected chi connectivity index (χ0v) is 17.2. The minimum Gasteiger partial charge on any atom is -0.353 e. The summed E-state index contributed by atoms with van der Waals surface area (Å²) in [5.41, 5.74) is 0.790. The number of carbonyl (C=O) groups excluding carboxylic acids is 2. The van der Waals surface area contributed by atoms with Crippen molar-refractivity contribution in [3.05, 3.63) is 51.7 Å². The Morgan fingerprint density at radius 3 is 2.61 bits per heavy atom. The third-order valence-electron chi connectivity index (χ3n) is 5.58. The van der Waals surface area contributed by atoms with E-state index in [0.717, 1.165) is 18.8 Å². The fourth-order valence-electron chi connectivity index (χ4n) is 4.06. The standard InChI is InChI=1S/C21H24ClN3O2S/c22-15-5-7-16(8-6-15)25-12-9-17(21(25)27)20(26)23-14-18(19-4-3-13-28-19)24-10-1-2-11-24/h3-8,13,17-18H,1-2,9-12,14H2,(H,23,26). The highest BCUT2D eigenvalue weighted by atomic mass is 35.5. The number of nitrogens with one attached hydrogen (secondary N) is 1. The van der Waals surface area contributed by atoms with Gasteiger partial charge in [-0.05, 0) is 68.1 Å². The van der Waals surface area contributed by atoms with Gasteiger partial charge in [0, 0.05) is 28.7 Å². The van der Waals surface area contributed by atoms with Crippen molar-refractivity contribution in [1.82, 2.24) is 10.2 Å². The number of nitrogens with zero attached hydrogens (tertiary/aromatic N) is 2. The van der Waals surface area contributed by atoms with Gasteiger partial charge in [-0.25, -0.2) is 0 Å². The number of amides is 2. The van der Waals surface area contributed by atoms with Gasteiger partial charge < -0.3 is 10.2 Å². The number of benzene rings is 1. The van der Waals surface area contributed by atoms with E-state index in [1.807, 2.05) is 12.1 Å². The molecule has 2 amide bonds.